The van der Waals surface area contributed by atoms with Crippen LogP contribution in [0.4, 0.5) is 26.3 Å². The number of pyridine rings is 1. The zero-order valence-electron chi connectivity index (χ0n) is 13.7. The number of hydrogen-bond acceptors (Lipinski definition) is 5. The van der Waals surface area contributed by atoms with E-state index in [9.17, 15) is 26.3 Å². The van der Waals surface area contributed by atoms with Crippen LogP contribution in [0, 0.1) is 5.41 Å². The minimum atomic E-state index is -4.49. The Kier molecular flexibility index (Phi) is 7.32. The summed E-state index contributed by atoms with van der Waals surface area (Å²) in [4.78, 5) is 3.10. The molecule has 2 rings (SSSR count). The summed E-state index contributed by atoms with van der Waals surface area (Å²) in [5.74, 6) is -0.634. The van der Waals surface area contributed by atoms with Crippen molar-refractivity contribution < 1.29 is 36.8 Å². The van der Waals surface area contributed by atoms with Crippen molar-refractivity contribution in [3.63, 3.8) is 0 Å². The largest absolute Gasteiger partial charge is 0.433 e. The van der Waals surface area contributed by atoms with E-state index < -0.39 is 29.4 Å². The molecule has 0 fully saturated rings. The van der Waals surface area contributed by atoms with Gasteiger partial charge in [0.1, 0.15) is 5.69 Å². The highest BCUT2D eigenvalue weighted by molar-refractivity contribution is 5.97. The molecule has 0 unspecified atom stereocenters. The van der Waals surface area contributed by atoms with Crippen LogP contribution in [0.5, 0.6) is 0 Å². The Morgan fingerprint density at radius 2 is 1.50 bits per heavy atom. The Hall–Kier alpha value is -3.35. The predicted octanol–water partition coefficient (Wildman–Crippen LogP) is 3.20. The molecular weight excluding hydrogens is 396 g/mol. The zero-order chi connectivity index (χ0) is 21.5. The van der Waals surface area contributed by atoms with E-state index in [1.165, 1.54) is 5.48 Å². The monoisotopic (exact) mass is 409 g/mol. The Balaban J connectivity index is 0.000000280. The summed E-state index contributed by atoms with van der Waals surface area (Å²) < 4.78 is 72.3. The molecule has 2 aromatic rings. The van der Waals surface area contributed by atoms with Gasteiger partial charge in [0, 0.05) is 17.3 Å². The van der Waals surface area contributed by atoms with E-state index in [1.807, 2.05) is 0 Å². The Morgan fingerprint density at radius 1 is 0.964 bits per heavy atom. The quantitative estimate of drug-likeness (QED) is 0.171. The lowest BCUT2D eigenvalue weighted by atomic mass is 10.1. The van der Waals surface area contributed by atoms with Crippen molar-refractivity contribution in [2.45, 2.75) is 12.4 Å². The van der Waals surface area contributed by atoms with E-state index in [0.717, 1.165) is 42.6 Å². The standard InChI is InChI=1S/C8H7F3N2O.C7H6F3N3O/c9-8(10,11)6-3-1-5(2-4-6)7(12)13-14;8-7(9,10)5-2-1-4(3-12-5)6(11)13-14/h1-4,14H,(H2,12,13);1-3,14H,(H2,11,13). The summed E-state index contributed by atoms with van der Waals surface area (Å²) in [5, 5.41) is 26.2. The van der Waals surface area contributed by atoms with Crippen LogP contribution < -0.4 is 11.2 Å². The van der Waals surface area contributed by atoms with Gasteiger partial charge in [0.05, 0.1) is 5.56 Å². The molecular formula is C15H13F6N5O2. The molecule has 0 saturated carbocycles. The molecule has 1 aromatic heterocycles. The van der Waals surface area contributed by atoms with Gasteiger partial charge in [0.25, 0.3) is 0 Å². The minimum absolute atomic E-state index is 0.0699. The van der Waals surface area contributed by atoms with Crippen molar-refractivity contribution in [2.24, 2.45) is 10.9 Å². The van der Waals surface area contributed by atoms with Crippen LogP contribution >= 0.6 is 0 Å². The van der Waals surface area contributed by atoms with E-state index in [2.05, 4.69) is 10.1 Å². The molecule has 0 spiro atoms. The van der Waals surface area contributed by atoms with Gasteiger partial charge >= 0.3 is 12.4 Å². The second-order valence-corrected chi connectivity index (χ2v) is 4.98. The maximum atomic E-state index is 12.1. The summed E-state index contributed by atoms with van der Waals surface area (Å²) in [7, 11) is 0. The van der Waals surface area contributed by atoms with Gasteiger partial charge in [-0.1, -0.05) is 17.3 Å². The first-order chi connectivity index (χ1) is 12.9. The first-order valence-electron chi connectivity index (χ1n) is 7.07. The van der Waals surface area contributed by atoms with E-state index in [4.69, 9.17) is 21.6 Å². The highest BCUT2D eigenvalue weighted by Crippen LogP contribution is 2.29. The molecule has 28 heavy (non-hydrogen) atoms. The highest BCUT2D eigenvalue weighted by atomic mass is 19.4. The second-order valence-electron chi connectivity index (χ2n) is 4.98. The molecule has 0 atom stereocenters. The summed E-state index contributed by atoms with van der Waals surface area (Å²) in [6.07, 6.45) is -8.01. The lowest BCUT2D eigenvalue weighted by Crippen LogP contribution is -2.19. The van der Waals surface area contributed by atoms with Crippen molar-refractivity contribution in [3.05, 3.63) is 65.0 Å². The maximum Gasteiger partial charge on any atom is 0.433 e. The number of oxime groups is 1. The smallest absolute Gasteiger partial charge is 0.409 e. The Morgan fingerprint density at radius 3 is 1.86 bits per heavy atom. The topological polar surface area (TPSA) is 128 Å². The maximum absolute atomic E-state index is 12.1. The lowest BCUT2D eigenvalue weighted by Gasteiger charge is -2.06. The van der Waals surface area contributed by atoms with Gasteiger partial charge in [0.2, 0.25) is 0 Å². The number of benzene rings is 1. The van der Waals surface area contributed by atoms with Crippen LogP contribution in [-0.4, -0.2) is 27.1 Å². The molecule has 7 nitrogen and oxygen atoms in total. The predicted molar refractivity (Wildman–Crippen MR) is 84.9 cm³/mol. The molecule has 0 bridgehead atoms. The molecule has 152 valence electrons. The van der Waals surface area contributed by atoms with E-state index in [-0.39, 0.29) is 17.0 Å². The molecule has 0 aliphatic heterocycles. The van der Waals surface area contributed by atoms with Crippen LogP contribution in [0.15, 0.2) is 47.8 Å². The number of nitrogens with one attached hydrogen (secondary N) is 2. The highest BCUT2D eigenvalue weighted by Gasteiger charge is 2.32. The van der Waals surface area contributed by atoms with Gasteiger partial charge in [0.15, 0.2) is 11.7 Å². The molecule has 0 amide bonds. The minimum Gasteiger partial charge on any atom is -0.409 e. The van der Waals surface area contributed by atoms with E-state index >= 15 is 0 Å². The molecule has 0 aliphatic carbocycles. The Labute approximate surface area is 153 Å². The van der Waals surface area contributed by atoms with Crippen LogP contribution in [0.25, 0.3) is 0 Å². The fourth-order valence-electron chi connectivity index (χ4n) is 1.66. The number of alkyl halides is 6. The normalized spacial score (nSPS) is 12.0. The third-order valence-electron chi connectivity index (χ3n) is 3.07. The van der Waals surface area contributed by atoms with Crippen molar-refractivity contribution in [1.29, 1.82) is 5.41 Å². The lowest BCUT2D eigenvalue weighted by molar-refractivity contribution is -0.141. The third kappa shape index (κ3) is 6.42. The number of amidine groups is 2. The van der Waals surface area contributed by atoms with Gasteiger partial charge in [-0.3, -0.25) is 21.1 Å². The molecule has 0 aliphatic rings. The molecule has 6 N–H and O–H groups in total. The van der Waals surface area contributed by atoms with Crippen LogP contribution in [-0.2, 0) is 12.4 Å². The number of nitrogens with zero attached hydrogens (tertiary/aromatic N) is 2. The second kappa shape index (κ2) is 9.03. The zero-order valence-corrected chi connectivity index (χ0v) is 13.7. The van der Waals surface area contributed by atoms with Gasteiger partial charge in [-0.25, -0.2) is 0 Å². The Bertz CT molecular complexity index is 817. The molecule has 13 heteroatoms. The summed E-state index contributed by atoms with van der Waals surface area (Å²) in [6.45, 7) is 0. The number of rotatable bonds is 2. The third-order valence-corrected chi connectivity index (χ3v) is 3.07. The summed E-state index contributed by atoms with van der Waals surface area (Å²) in [5.41, 5.74) is 5.17. The SMILES string of the molecule is N=C(NO)c1ccc(C(F)(F)F)nc1.NC(=NO)c1ccc(C(F)(F)F)cc1. The number of hydroxylamine groups is 1. The average Bonchev–Trinajstić information content (AvgIpc) is 2.66. The van der Waals surface area contributed by atoms with Crippen molar-refractivity contribution in [2.75, 3.05) is 0 Å². The van der Waals surface area contributed by atoms with E-state index in [0.29, 0.717) is 0 Å². The van der Waals surface area contributed by atoms with Gasteiger partial charge < -0.3 is 10.9 Å². The molecule has 0 radical (unpaired) electrons. The molecule has 1 heterocycles. The van der Waals surface area contributed by atoms with Crippen molar-refractivity contribution >= 4 is 11.7 Å². The van der Waals surface area contributed by atoms with Crippen LogP contribution in [0.1, 0.15) is 22.4 Å². The van der Waals surface area contributed by atoms with Crippen LogP contribution in [0.3, 0.4) is 0 Å². The molecule has 1 aromatic carbocycles. The van der Waals surface area contributed by atoms with Crippen molar-refractivity contribution in [1.82, 2.24) is 10.5 Å². The van der Waals surface area contributed by atoms with Gasteiger partial charge in [-0.2, -0.15) is 26.3 Å². The fourth-order valence-corrected chi connectivity index (χ4v) is 1.66. The first-order valence-corrected chi connectivity index (χ1v) is 7.07. The number of aromatic nitrogens is 1. The molecule has 0 saturated heterocycles. The van der Waals surface area contributed by atoms with E-state index in [1.54, 1.807) is 0 Å². The number of hydrogen-bond donors (Lipinski definition) is 5. The summed E-state index contributed by atoms with van der Waals surface area (Å²) in [6, 6.07) is 5.79. The summed E-state index contributed by atoms with van der Waals surface area (Å²) >= 11 is 0. The van der Waals surface area contributed by atoms with Crippen LogP contribution in [0.2, 0.25) is 0 Å². The fraction of sp³-hybridized carbons (Fsp3) is 0.133. The first kappa shape index (κ1) is 22.7. The van der Waals surface area contributed by atoms with Crippen molar-refractivity contribution in [3.8, 4) is 0 Å². The average molecular weight is 409 g/mol. The van der Waals surface area contributed by atoms with Gasteiger partial charge in [-0.15, -0.1) is 0 Å². The number of halogens is 6. The number of nitrogens with two attached hydrogens (primary N) is 1. The van der Waals surface area contributed by atoms with Gasteiger partial charge in [-0.05, 0) is 24.3 Å².